The number of halogens is 5. The van der Waals surface area contributed by atoms with Crippen molar-refractivity contribution < 1.29 is 19.1 Å². The monoisotopic (exact) mass is 635 g/mol. The fourth-order valence-electron chi connectivity index (χ4n) is 4.95. The van der Waals surface area contributed by atoms with Crippen LogP contribution in [0.25, 0.3) is 0 Å². The summed E-state index contributed by atoms with van der Waals surface area (Å²) in [7, 11) is 0. The van der Waals surface area contributed by atoms with Crippen LogP contribution in [0.5, 0.6) is 0 Å². The average Bonchev–Trinajstić information content (AvgIpc) is 3.30. The first-order valence-electron chi connectivity index (χ1n) is 12.4. The normalized spacial score (nSPS) is 19.5. The summed E-state index contributed by atoms with van der Waals surface area (Å²) in [5.41, 5.74) is 1.52. The molecule has 2 aromatic rings. The van der Waals surface area contributed by atoms with Crippen LogP contribution in [-0.2, 0) is 32.0 Å². The SMILES string of the molecule is CC(=O)N1CCN(C(=O)Cc2ccc(Cl)c(Cl)c2)C(CN2CCC(OC(=O)Cc3ccc(Cl)c(Cl)c3)C2)C1.Cl. The lowest BCUT2D eigenvalue weighted by Crippen LogP contribution is -2.59. The van der Waals surface area contributed by atoms with Gasteiger partial charge in [0.05, 0.1) is 39.0 Å². The molecule has 0 aromatic heterocycles. The van der Waals surface area contributed by atoms with Crippen molar-refractivity contribution in [3.63, 3.8) is 0 Å². The Kier molecular flexibility index (Phi) is 11.6. The summed E-state index contributed by atoms with van der Waals surface area (Å²) >= 11 is 24.1. The van der Waals surface area contributed by atoms with E-state index in [4.69, 9.17) is 51.1 Å². The number of nitrogens with zero attached hydrogens (tertiary/aromatic N) is 3. The standard InChI is InChI=1S/C27H29Cl4N3O4.ClH/c1-17(35)33-8-9-34(26(36)12-18-2-4-22(28)24(30)10-18)20(15-33)14-32-7-6-21(16-32)38-27(37)13-19-3-5-23(29)25(31)11-19;/h2-5,10-11,20-21H,6-9,12-16H2,1H3;1H. The third-order valence-electron chi connectivity index (χ3n) is 6.92. The lowest BCUT2D eigenvalue weighted by molar-refractivity contribution is -0.147. The Bertz CT molecular complexity index is 1210. The van der Waals surface area contributed by atoms with E-state index in [1.807, 2.05) is 4.90 Å². The number of piperazine rings is 1. The van der Waals surface area contributed by atoms with Gasteiger partial charge < -0.3 is 14.5 Å². The highest BCUT2D eigenvalue weighted by molar-refractivity contribution is 6.42. The molecule has 2 aliphatic rings. The molecule has 0 saturated carbocycles. The van der Waals surface area contributed by atoms with Crippen molar-refractivity contribution in [2.45, 2.75) is 38.3 Å². The van der Waals surface area contributed by atoms with Gasteiger partial charge in [-0.05, 0) is 41.8 Å². The first-order chi connectivity index (χ1) is 18.1. The van der Waals surface area contributed by atoms with Gasteiger partial charge in [0.15, 0.2) is 0 Å². The Labute approximate surface area is 254 Å². The molecule has 2 amide bonds. The van der Waals surface area contributed by atoms with Crippen molar-refractivity contribution >= 4 is 76.6 Å². The number of hydrogen-bond donors (Lipinski definition) is 0. The van der Waals surface area contributed by atoms with E-state index >= 15 is 0 Å². The molecule has 2 aromatic carbocycles. The summed E-state index contributed by atoms with van der Waals surface area (Å²) in [4.78, 5) is 43.7. The zero-order valence-corrected chi connectivity index (χ0v) is 25.2. The number of esters is 1. The van der Waals surface area contributed by atoms with E-state index in [0.717, 1.165) is 17.7 Å². The van der Waals surface area contributed by atoms with Crippen LogP contribution in [0.2, 0.25) is 20.1 Å². The van der Waals surface area contributed by atoms with E-state index < -0.39 is 0 Å². The molecule has 2 saturated heterocycles. The molecule has 0 N–H and O–H groups in total. The second-order valence-electron chi connectivity index (χ2n) is 9.72. The van der Waals surface area contributed by atoms with Gasteiger partial charge in [-0.25, -0.2) is 0 Å². The summed E-state index contributed by atoms with van der Waals surface area (Å²) in [6.07, 6.45) is 0.773. The topological polar surface area (TPSA) is 70.2 Å². The first-order valence-corrected chi connectivity index (χ1v) is 13.9. The van der Waals surface area contributed by atoms with Gasteiger partial charge >= 0.3 is 5.97 Å². The van der Waals surface area contributed by atoms with Gasteiger partial charge in [-0.15, -0.1) is 12.4 Å². The molecule has 4 rings (SSSR count). The molecule has 2 heterocycles. The molecule has 0 radical (unpaired) electrons. The third kappa shape index (κ3) is 8.62. The molecule has 7 nitrogen and oxygen atoms in total. The Morgan fingerprint density at radius 2 is 1.46 bits per heavy atom. The summed E-state index contributed by atoms with van der Waals surface area (Å²) in [6.45, 7) is 4.84. The number of carbonyl (C=O) groups is 3. The molecule has 12 heteroatoms. The molecule has 2 aliphatic heterocycles. The molecule has 2 unspecified atom stereocenters. The maximum Gasteiger partial charge on any atom is 0.310 e. The summed E-state index contributed by atoms with van der Waals surface area (Å²) in [5.74, 6) is -0.364. The maximum atomic E-state index is 13.3. The molecule has 2 fully saturated rings. The highest BCUT2D eigenvalue weighted by Crippen LogP contribution is 2.25. The summed E-state index contributed by atoms with van der Waals surface area (Å²) in [5, 5.41) is 1.68. The molecule has 39 heavy (non-hydrogen) atoms. The second-order valence-corrected chi connectivity index (χ2v) is 11.3. The number of hydrogen-bond acceptors (Lipinski definition) is 5. The molecule has 0 aliphatic carbocycles. The molecule has 0 bridgehead atoms. The van der Waals surface area contributed by atoms with E-state index in [0.29, 0.717) is 59.2 Å². The van der Waals surface area contributed by atoms with E-state index in [1.165, 1.54) is 0 Å². The quantitative estimate of drug-likeness (QED) is 0.392. The summed E-state index contributed by atoms with van der Waals surface area (Å²) in [6, 6.07) is 10.1. The van der Waals surface area contributed by atoms with Gasteiger partial charge in [-0.2, -0.15) is 0 Å². The van der Waals surface area contributed by atoms with Crippen molar-refractivity contribution in [2.75, 3.05) is 39.3 Å². The van der Waals surface area contributed by atoms with Crippen LogP contribution < -0.4 is 0 Å². The van der Waals surface area contributed by atoms with E-state index in [9.17, 15) is 14.4 Å². The van der Waals surface area contributed by atoms with Crippen molar-refractivity contribution in [1.29, 1.82) is 0 Å². The minimum Gasteiger partial charge on any atom is -0.461 e. The van der Waals surface area contributed by atoms with Crippen molar-refractivity contribution in [1.82, 2.24) is 14.7 Å². The highest BCUT2D eigenvalue weighted by Gasteiger charge is 2.35. The third-order valence-corrected chi connectivity index (χ3v) is 8.39. The Balaban J connectivity index is 0.00000420. The maximum absolute atomic E-state index is 13.3. The molecule has 0 spiro atoms. The Hall–Kier alpha value is -1.74. The van der Waals surface area contributed by atoms with Crippen molar-refractivity contribution in [2.24, 2.45) is 0 Å². The molecular weight excluding hydrogens is 608 g/mol. The number of carbonyl (C=O) groups excluding carboxylic acids is 3. The fourth-order valence-corrected chi connectivity index (χ4v) is 5.59. The van der Waals surface area contributed by atoms with Gasteiger partial charge in [0.25, 0.3) is 0 Å². The Morgan fingerprint density at radius 3 is 2.05 bits per heavy atom. The smallest absolute Gasteiger partial charge is 0.310 e. The largest absolute Gasteiger partial charge is 0.461 e. The molecular formula is C27H30Cl5N3O4. The number of rotatable bonds is 7. The van der Waals surface area contributed by atoms with Crippen LogP contribution in [0.15, 0.2) is 36.4 Å². The van der Waals surface area contributed by atoms with Crippen LogP contribution in [0, 0.1) is 0 Å². The highest BCUT2D eigenvalue weighted by atomic mass is 35.5. The van der Waals surface area contributed by atoms with Crippen molar-refractivity contribution in [3.05, 3.63) is 67.6 Å². The van der Waals surface area contributed by atoms with E-state index in [-0.39, 0.29) is 55.2 Å². The first kappa shape index (κ1) is 31.8. The van der Waals surface area contributed by atoms with Gasteiger partial charge in [0.2, 0.25) is 11.8 Å². The zero-order chi connectivity index (χ0) is 27.4. The van der Waals surface area contributed by atoms with Crippen LogP contribution in [-0.4, -0.2) is 83.9 Å². The van der Waals surface area contributed by atoms with E-state index in [1.54, 1.807) is 48.2 Å². The minimum absolute atomic E-state index is 0. The lowest BCUT2D eigenvalue weighted by atomic mass is 10.1. The lowest BCUT2D eigenvalue weighted by Gasteiger charge is -2.42. The van der Waals surface area contributed by atoms with Crippen LogP contribution in [0.1, 0.15) is 24.5 Å². The van der Waals surface area contributed by atoms with E-state index in [2.05, 4.69) is 4.90 Å². The second kappa shape index (κ2) is 14.2. The number of likely N-dealkylation sites (tertiary alicyclic amines) is 1. The van der Waals surface area contributed by atoms with Crippen LogP contribution in [0.3, 0.4) is 0 Å². The van der Waals surface area contributed by atoms with Crippen LogP contribution in [0.4, 0.5) is 0 Å². The number of benzene rings is 2. The zero-order valence-electron chi connectivity index (χ0n) is 21.4. The minimum atomic E-state index is -0.325. The Morgan fingerprint density at radius 1 is 0.846 bits per heavy atom. The predicted octanol–water partition coefficient (Wildman–Crippen LogP) is 5.18. The summed E-state index contributed by atoms with van der Waals surface area (Å²) < 4.78 is 5.71. The van der Waals surface area contributed by atoms with Crippen molar-refractivity contribution in [3.8, 4) is 0 Å². The number of ether oxygens (including phenoxy) is 1. The molecule has 212 valence electrons. The van der Waals surface area contributed by atoms with Gasteiger partial charge in [0, 0.05) is 46.2 Å². The van der Waals surface area contributed by atoms with Gasteiger partial charge in [-0.1, -0.05) is 58.5 Å². The average molecular weight is 638 g/mol. The van der Waals surface area contributed by atoms with Crippen LogP contribution >= 0.6 is 58.8 Å². The number of amides is 2. The molecule has 2 atom stereocenters. The predicted molar refractivity (Wildman–Crippen MR) is 156 cm³/mol. The van der Waals surface area contributed by atoms with Gasteiger partial charge in [-0.3, -0.25) is 19.3 Å². The van der Waals surface area contributed by atoms with Gasteiger partial charge in [0.1, 0.15) is 6.10 Å². The fraction of sp³-hybridized carbons (Fsp3) is 0.444.